The summed E-state index contributed by atoms with van der Waals surface area (Å²) in [5, 5.41) is 3.24. The van der Waals surface area contributed by atoms with Crippen molar-refractivity contribution in [1.82, 2.24) is 5.32 Å². The van der Waals surface area contributed by atoms with Gasteiger partial charge in [-0.1, -0.05) is 47.0 Å². The summed E-state index contributed by atoms with van der Waals surface area (Å²) in [6.07, 6.45) is 6.54. The maximum atomic E-state index is 12.9. The Balaban J connectivity index is 2.04. The average molecular weight is 296 g/mol. The molecule has 2 rings (SSSR count). The molecule has 0 aromatic rings. The van der Waals surface area contributed by atoms with Crippen LogP contribution in [0.3, 0.4) is 0 Å². The van der Waals surface area contributed by atoms with Crippen LogP contribution >= 0.6 is 0 Å². The molecule has 1 saturated carbocycles. The molecule has 0 radical (unpaired) electrons. The van der Waals surface area contributed by atoms with Gasteiger partial charge >= 0.3 is 0 Å². The lowest BCUT2D eigenvalue weighted by Crippen LogP contribution is -2.80. The highest BCUT2D eigenvalue weighted by molar-refractivity contribution is 5.89. The van der Waals surface area contributed by atoms with Crippen LogP contribution < -0.4 is 11.1 Å². The van der Waals surface area contributed by atoms with Crippen LogP contribution in [0.5, 0.6) is 0 Å². The third-order valence-corrected chi connectivity index (χ3v) is 5.71. The van der Waals surface area contributed by atoms with Gasteiger partial charge in [0.15, 0.2) is 0 Å². The second-order valence-corrected chi connectivity index (χ2v) is 7.38. The van der Waals surface area contributed by atoms with Gasteiger partial charge in [0, 0.05) is 24.0 Å². The van der Waals surface area contributed by atoms with Crippen molar-refractivity contribution in [3.63, 3.8) is 0 Å². The zero-order valence-corrected chi connectivity index (χ0v) is 14.1. The van der Waals surface area contributed by atoms with E-state index >= 15 is 0 Å². The summed E-state index contributed by atoms with van der Waals surface area (Å²) in [7, 11) is 0. The number of unbranched alkanes of at least 4 members (excludes halogenated alkanes) is 1. The number of hydrogen-bond donors (Lipinski definition) is 2. The van der Waals surface area contributed by atoms with E-state index in [0.717, 1.165) is 45.1 Å². The van der Waals surface area contributed by atoms with Crippen molar-refractivity contribution >= 4 is 5.91 Å². The zero-order chi connectivity index (χ0) is 15.7. The Morgan fingerprint density at radius 3 is 2.67 bits per heavy atom. The van der Waals surface area contributed by atoms with Gasteiger partial charge < -0.3 is 15.8 Å². The van der Waals surface area contributed by atoms with Gasteiger partial charge in [-0.15, -0.1) is 0 Å². The van der Waals surface area contributed by atoms with Crippen molar-refractivity contribution in [2.24, 2.45) is 17.1 Å². The van der Waals surface area contributed by atoms with Crippen molar-refractivity contribution in [3.8, 4) is 0 Å². The summed E-state index contributed by atoms with van der Waals surface area (Å²) >= 11 is 0. The summed E-state index contributed by atoms with van der Waals surface area (Å²) in [5.74, 6) is 0.217. The maximum Gasteiger partial charge on any atom is 0.241 e. The molecule has 0 bridgehead atoms. The summed E-state index contributed by atoms with van der Waals surface area (Å²) < 4.78 is 5.77. The van der Waals surface area contributed by atoms with E-state index in [1.807, 2.05) is 0 Å². The van der Waals surface area contributed by atoms with Gasteiger partial charge in [-0.05, 0) is 19.3 Å². The highest BCUT2D eigenvalue weighted by Gasteiger charge is 2.71. The number of fused-ring (bicyclic) bond motifs is 1. The lowest BCUT2D eigenvalue weighted by atomic mass is 9.48. The smallest absolute Gasteiger partial charge is 0.241 e. The third kappa shape index (κ3) is 2.61. The number of rotatable bonds is 7. The summed E-state index contributed by atoms with van der Waals surface area (Å²) in [6.45, 7) is 9.22. The Morgan fingerprint density at radius 1 is 1.33 bits per heavy atom. The van der Waals surface area contributed by atoms with E-state index in [4.69, 9.17) is 10.5 Å². The SMILES string of the molecule is CCCCC(CCC)NC(=O)C1(N)C2CCOC2C1(C)C. The van der Waals surface area contributed by atoms with Crippen molar-refractivity contribution in [3.05, 3.63) is 0 Å². The second-order valence-electron chi connectivity index (χ2n) is 7.38. The molecule has 0 aromatic heterocycles. The number of nitrogens with one attached hydrogen (secondary N) is 1. The first-order valence-corrected chi connectivity index (χ1v) is 8.61. The quantitative estimate of drug-likeness (QED) is 0.759. The molecule has 1 heterocycles. The topological polar surface area (TPSA) is 64.4 Å². The molecule has 0 spiro atoms. The molecule has 4 unspecified atom stereocenters. The summed E-state index contributed by atoms with van der Waals surface area (Å²) in [4.78, 5) is 12.9. The highest BCUT2D eigenvalue weighted by atomic mass is 16.5. The molecule has 4 atom stereocenters. The molecule has 4 nitrogen and oxygen atoms in total. The Hall–Kier alpha value is -0.610. The van der Waals surface area contributed by atoms with Crippen LogP contribution in [0.15, 0.2) is 0 Å². The molecule has 1 aliphatic heterocycles. The normalized spacial score (nSPS) is 34.9. The molecule has 1 aliphatic carbocycles. The Morgan fingerprint density at radius 2 is 2.05 bits per heavy atom. The number of nitrogens with two attached hydrogens (primary N) is 1. The molecular formula is C17H32N2O2. The van der Waals surface area contributed by atoms with E-state index in [1.54, 1.807) is 0 Å². The molecule has 2 fully saturated rings. The van der Waals surface area contributed by atoms with Crippen molar-refractivity contribution in [2.45, 2.75) is 83.9 Å². The fraction of sp³-hybridized carbons (Fsp3) is 0.941. The monoisotopic (exact) mass is 296 g/mol. The van der Waals surface area contributed by atoms with Crippen LogP contribution in [-0.2, 0) is 9.53 Å². The number of carbonyl (C=O) groups excluding carboxylic acids is 1. The minimum Gasteiger partial charge on any atom is -0.377 e. The van der Waals surface area contributed by atoms with Gasteiger partial charge in [0.05, 0.1) is 6.10 Å². The van der Waals surface area contributed by atoms with Crippen LogP contribution in [0.4, 0.5) is 0 Å². The van der Waals surface area contributed by atoms with Crippen molar-refractivity contribution in [1.29, 1.82) is 0 Å². The number of amides is 1. The van der Waals surface area contributed by atoms with Crippen molar-refractivity contribution in [2.75, 3.05) is 6.61 Å². The lowest BCUT2D eigenvalue weighted by Gasteiger charge is -2.60. The van der Waals surface area contributed by atoms with Crippen LogP contribution in [0.25, 0.3) is 0 Å². The van der Waals surface area contributed by atoms with E-state index in [9.17, 15) is 4.79 Å². The molecule has 21 heavy (non-hydrogen) atoms. The molecule has 0 aromatic carbocycles. The number of carbonyl (C=O) groups is 1. The molecule has 1 amide bonds. The molecular weight excluding hydrogens is 264 g/mol. The first-order chi connectivity index (χ1) is 9.89. The van der Waals surface area contributed by atoms with Crippen LogP contribution in [0.2, 0.25) is 0 Å². The first-order valence-electron chi connectivity index (χ1n) is 8.61. The van der Waals surface area contributed by atoms with Crippen LogP contribution in [-0.4, -0.2) is 30.2 Å². The third-order valence-electron chi connectivity index (χ3n) is 5.71. The van der Waals surface area contributed by atoms with Gasteiger partial charge in [0.1, 0.15) is 5.54 Å². The zero-order valence-electron chi connectivity index (χ0n) is 14.1. The largest absolute Gasteiger partial charge is 0.377 e. The fourth-order valence-electron chi connectivity index (χ4n) is 4.24. The summed E-state index contributed by atoms with van der Waals surface area (Å²) in [6, 6.07) is 0.264. The van der Waals surface area contributed by atoms with Crippen molar-refractivity contribution < 1.29 is 9.53 Å². The molecule has 1 saturated heterocycles. The summed E-state index contributed by atoms with van der Waals surface area (Å²) in [5.41, 5.74) is 5.54. The van der Waals surface area contributed by atoms with Gasteiger partial charge in [0.2, 0.25) is 5.91 Å². The van der Waals surface area contributed by atoms with E-state index in [0.29, 0.717) is 0 Å². The molecule has 2 aliphatic rings. The highest BCUT2D eigenvalue weighted by Crippen LogP contribution is 2.58. The predicted molar refractivity (Wildman–Crippen MR) is 84.9 cm³/mol. The Kier molecular flexibility index (Phi) is 4.99. The van der Waals surface area contributed by atoms with Crippen LogP contribution in [0, 0.1) is 11.3 Å². The minimum absolute atomic E-state index is 0.0359. The van der Waals surface area contributed by atoms with E-state index in [1.165, 1.54) is 0 Å². The minimum atomic E-state index is -0.771. The van der Waals surface area contributed by atoms with Gasteiger partial charge in [0.25, 0.3) is 0 Å². The van der Waals surface area contributed by atoms with E-state index < -0.39 is 5.54 Å². The van der Waals surface area contributed by atoms with Crippen LogP contribution in [0.1, 0.15) is 66.2 Å². The predicted octanol–water partition coefficient (Wildman–Crippen LogP) is 2.60. The van der Waals surface area contributed by atoms with E-state index in [2.05, 4.69) is 33.0 Å². The first kappa shape index (κ1) is 16.8. The number of hydrogen-bond acceptors (Lipinski definition) is 3. The van der Waals surface area contributed by atoms with Gasteiger partial charge in [-0.25, -0.2) is 0 Å². The lowest BCUT2D eigenvalue weighted by molar-refractivity contribution is -0.176. The Labute approximate surface area is 129 Å². The van der Waals surface area contributed by atoms with E-state index in [-0.39, 0.29) is 29.4 Å². The second kappa shape index (κ2) is 6.25. The molecule has 3 N–H and O–H groups in total. The standard InChI is InChI=1S/C17H32N2O2/c1-5-7-9-12(8-6-2)19-15(20)17(18)13-10-11-21-14(13)16(17,3)4/h12-14H,5-11,18H2,1-4H3,(H,19,20). The molecule has 4 heteroatoms. The van der Waals surface area contributed by atoms with Gasteiger partial charge in [-0.2, -0.15) is 0 Å². The fourth-order valence-corrected chi connectivity index (χ4v) is 4.24. The maximum absolute atomic E-state index is 12.9. The Bertz CT molecular complexity index is 383. The molecule has 122 valence electrons. The number of ether oxygens (including phenoxy) is 1. The average Bonchev–Trinajstić information content (AvgIpc) is 2.92. The van der Waals surface area contributed by atoms with Gasteiger partial charge in [-0.3, -0.25) is 4.79 Å².